The van der Waals surface area contributed by atoms with Crippen molar-refractivity contribution in [3.05, 3.63) is 17.8 Å². The predicted octanol–water partition coefficient (Wildman–Crippen LogP) is 3.62. The fourth-order valence-electron chi connectivity index (χ4n) is 5.73. The summed E-state index contributed by atoms with van der Waals surface area (Å²) < 4.78 is 5.54. The van der Waals surface area contributed by atoms with Gasteiger partial charge in [0.15, 0.2) is 5.82 Å². The largest absolute Gasteiger partial charge is 0.378 e. The van der Waals surface area contributed by atoms with Crippen LogP contribution in [0.5, 0.6) is 0 Å². The van der Waals surface area contributed by atoms with Crippen LogP contribution in [-0.2, 0) is 4.74 Å². The van der Waals surface area contributed by atoms with E-state index in [1.54, 1.807) is 11.3 Å². The molecule has 0 amide bonds. The first-order valence-electron chi connectivity index (χ1n) is 12.5. The lowest BCUT2D eigenvalue weighted by Gasteiger charge is -2.38. The molecular weight excluding hydrogens is 462 g/mol. The van der Waals surface area contributed by atoms with E-state index >= 15 is 0 Å². The quantitative estimate of drug-likeness (QED) is 0.453. The van der Waals surface area contributed by atoms with Gasteiger partial charge in [-0.25, -0.2) is 4.98 Å². The Balaban J connectivity index is 1.27. The SMILES string of the molecule is Cc1cc(Nc2nc(NC3C[C@H]4CC[C@@H](C3)N4CCC#N)nc3sc(N4CCOCC4)cc23)n[nH]1. The second-order valence-corrected chi connectivity index (χ2v) is 10.7. The monoisotopic (exact) mass is 493 g/mol. The Bertz CT molecular complexity index is 1210. The maximum Gasteiger partial charge on any atom is 0.226 e. The highest BCUT2D eigenvalue weighted by Gasteiger charge is 2.40. The van der Waals surface area contributed by atoms with E-state index in [9.17, 15) is 0 Å². The number of ether oxygens (including phenoxy) is 1. The second-order valence-electron chi connectivity index (χ2n) is 9.70. The molecular formula is C24H31N9OS. The van der Waals surface area contributed by atoms with Gasteiger partial charge in [-0.2, -0.15) is 15.3 Å². The Morgan fingerprint density at radius 2 is 2.00 bits per heavy atom. The Hall–Kier alpha value is -2.94. The van der Waals surface area contributed by atoms with Crippen molar-refractivity contribution in [2.45, 2.75) is 57.2 Å². The van der Waals surface area contributed by atoms with E-state index in [0.29, 0.717) is 30.5 Å². The van der Waals surface area contributed by atoms with Crippen LogP contribution in [0.2, 0.25) is 0 Å². The van der Waals surface area contributed by atoms with Crippen LogP contribution in [0.25, 0.3) is 10.2 Å². The third kappa shape index (κ3) is 4.66. The molecule has 0 aromatic carbocycles. The Kier molecular flexibility index (Phi) is 6.18. The molecule has 11 heteroatoms. The molecule has 3 saturated heterocycles. The number of fused-ring (bicyclic) bond motifs is 3. The van der Waals surface area contributed by atoms with Crippen LogP contribution in [-0.4, -0.2) is 76.0 Å². The number of hydrogen-bond donors (Lipinski definition) is 3. The normalized spacial score (nSPS) is 24.6. The van der Waals surface area contributed by atoms with Crippen molar-refractivity contribution in [2.24, 2.45) is 0 Å². The van der Waals surface area contributed by atoms with E-state index < -0.39 is 0 Å². The van der Waals surface area contributed by atoms with Crippen LogP contribution in [0, 0.1) is 18.3 Å². The standard InChI is InChI=1S/C24H31N9OS/c1-15-11-20(31-30-15)27-22-19-14-21(32-7-9-34-10-8-32)35-23(19)29-24(28-22)26-16-12-17-3-4-18(13-16)33(17)6-2-5-25/h11,14,16-18H,2-4,6-10,12-13H2,1H3,(H3,26,27,28,29,30,31)/t16?,17-,18+. The van der Waals surface area contributed by atoms with E-state index in [-0.39, 0.29) is 0 Å². The summed E-state index contributed by atoms with van der Waals surface area (Å²) in [5.74, 6) is 2.18. The molecule has 1 unspecified atom stereocenters. The number of aryl methyl sites for hydroxylation is 1. The molecule has 0 saturated carbocycles. The van der Waals surface area contributed by atoms with Crippen LogP contribution in [0.4, 0.5) is 22.6 Å². The van der Waals surface area contributed by atoms with Crippen molar-refractivity contribution in [2.75, 3.05) is 48.4 Å². The van der Waals surface area contributed by atoms with Crippen LogP contribution >= 0.6 is 11.3 Å². The fraction of sp³-hybridized carbons (Fsp3) is 0.583. The van der Waals surface area contributed by atoms with Gasteiger partial charge in [-0.3, -0.25) is 10.00 Å². The molecule has 3 aliphatic heterocycles. The van der Waals surface area contributed by atoms with E-state index in [1.165, 1.54) is 17.8 Å². The summed E-state index contributed by atoms with van der Waals surface area (Å²) in [4.78, 5) is 15.7. The van der Waals surface area contributed by atoms with Crippen LogP contribution in [0.3, 0.4) is 0 Å². The average Bonchev–Trinajstić information content (AvgIpc) is 3.54. The maximum absolute atomic E-state index is 9.02. The maximum atomic E-state index is 9.02. The van der Waals surface area contributed by atoms with Gasteiger partial charge in [-0.1, -0.05) is 11.3 Å². The number of aromatic amines is 1. The number of H-pyrrole nitrogens is 1. The fourth-order valence-corrected chi connectivity index (χ4v) is 6.81. The Labute approximate surface area is 208 Å². The highest BCUT2D eigenvalue weighted by molar-refractivity contribution is 7.22. The summed E-state index contributed by atoms with van der Waals surface area (Å²) in [5, 5.41) is 25.6. The van der Waals surface area contributed by atoms with Crippen molar-refractivity contribution < 1.29 is 4.74 Å². The summed E-state index contributed by atoms with van der Waals surface area (Å²) in [6.07, 6.45) is 5.17. The number of piperidine rings is 1. The molecule has 3 aromatic rings. The molecule has 3 aliphatic rings. The minimum absolute atomic E-state index is 0.336. The van der Waals surface area contributed by atoms with Crippen LogP contribution in [0.1, 0.15) is 37.8 Å². The molecule has 3 N–H and O–H groups in total. The third-order valence-corrected chi connectivity index (χ3v) is 8.44. The van der Waals surface area contributed by atoms with Crippen LogP contribution in [0.15, 0.2) is 12.1 Å². The van der Waals surface area contributed by atoms with Gasteiger partial charge in [-0.05, 0) is 38.7 Å². The van der Waals surface area contributed by atoms with Gasteiger partial charge in [0.25, 0.3) is 0 Å². The van der Waals surface area contributed by atoms with Crippen molar-refractivity contribution in [3.63, 3.8) is 0 Å². The Morgan fingerprint density at radius 3 is 2.71 bits per heavy atom. The topological polar surface area (TPSA) is 118 Å². The zero-order chi connectivity index (χ0) is 23.8. The summed E-state index contributed by atoms with van der Waals surface area (Å²) >= 11 is 1.71. The lowest BCUT2D eigenvalue weighted by atomic mass is 9.97. The van der Waals surface area contributed by atoms with Gasteiger partial charge >= 0.3 is 0 Å². The van der Waals surface area contributed by atoms with E-state index in [4.69, 9.17) is 20.0 Å². The predicted molar refractivity (Wildman–Crippen MR) is 137 cm³/mol. The number of nitriles is 1. The lowest BCUT2D eigenvalue weighted by Crippen LogP contribution is -2.47. The number of nitrogens with zero attached hydrogens (tertiary/aromatic N) is 6. The van der Waals surface area contributed by atoms with Crippen molar-refractivity contribution in [1.82, 2.24) is 25.1 Å². The van der Waals surface area contributed by atoms with Crippen LogP contribution < -0.4 is 15.5 Å². The van der Waals surface area contributed by atoms with Crippen molar-refractivity contribution >= 4 is 44.1 Å². The summed E-state index contributed by atoms with van der Waals surface area (Å²) in [7, 11) is 0. The first kappa shape index (κ1) is 22.5. The van der Waals surface area contributed by atoms with Gasteiger partial charge in [0.2, 0.25) is 5.95 Å². The van der Waals surface area contributed by atoms with E-state index in [0.717, 1.165) is 73.2 Å². The highest BCUT2D eigenvalue weighted by Crippen LogP contribution is 2.39. The van der Waals surface area contributed by atoms with Gasteiger partial charge in [0.1, 0.15) is 10.6 Å². The smallest absolute Gasteiger partial charge is 0.226 e. The van der Waals surface area contributed by atoms with Crippen molar-refractivity contribution in [1.29, 1.82) is 5.26 Å². The molecule has 3 fully saturated rings. The number of aromatic nitrogens is 4. The number of rotatable bonds is 7. The molecule has 2 bridgehead atoms. The summed E-state index contributed by atoms with van der Waals surface area (Å²) in [5.41, 5.74) is 0.995. The minimum Gasteiger partial charge on any atom is -0.378 e. The molecule has 35 heavy (non-hydrogen) atoms. The molecule has 184 valence electrons. The van der Waals surface area contributed by atoms with E-state index in [1.807, 2.05) is 13.0 Å². The molecule has 0 aliphatic carbocycles. The lowest BCUT2D eigenvalue weighted by molar-refractivity contribution is 0.123. The molecule has 3 atom stereocenters. The number of anilines is 4. The molecule has 0 spiro atoms. The molecule has 0 radical (unpaired) electrons. The number of nitrogens with one attached hydrogen (secondary N) is 3. The average molecular weight is 494 g/mol. The Morgan fingerprint density at radius 1 is 1.20 bits per heavy atom. The van der Waals surface area contributed by atoms with E-state index in [2.05, 4.69) is 42.8 Å². The van der Waals surface area contributed by atoms with Gasteiger partial charge < -0.3 is 20.3 Å². The first-order chi connectivity index (χ1) is 17.2. The highest BCUT2D eigenvalue weighted by atomic mass is 32.1. The van der Waals surface area contributed by atoms with Gasteiger partial charge in [0.05, 0.1) is 29.7 Å². The first-order valence-corrected chi connectivity index (χ1v) is 13.3. The zero-order valence-electron chi connectivity index (χ0n) is 20.0. The second kappa shape index (κ2) is 9.60. The molecule has 10 nitrogen and oxygen atoms in total. The minimum atomic E-state index is 0.336. The number of morpholine rings is 1. The molecule has 6 rings (SSSR count). The van der Waals surface area contributed by atoms with Gasteiger partial charge in [-0.15, -0.1) is 0 Å². The van der Waals surface area contributed by atoms with Crippen molar-refractivity contribution in [3.8, 4) is 6.07 Å². The number of hydrogen-bond acceptors (Lipinski definition) is 10. The molecule has 3 aromatic heterocycles. The summed E-state index contributed by atoms with van der Waals surface area (Å²) in [6.45, 7) is 6.15. The summed E-state index contributed by atoms with van der Waals surface area (Å²) in [6, 6.07) is 7.89. The molecule has 6 heterocycles. The third-order valence-electron chi connectivity index (χ3n) is 7.35. The zero-order valence-corrected chi connectivity index (χ0v) is 20.8. The van der Waals surface area contributed by atoms with Gasteiger partial charge in [0, 0.05) is 55.9 Å². The number of thiophene rings is 1.